The lowest BCUT2D eigenvalue weighted by molar-refractivity contribution is 0.475. The Labute approximate surface area is 193 Å². The molecular weight excluding hydrogens is 392 g/mol. The molecule has 168 valence electrons. The minimum absolute atomic E-state index is 0.267. The summed E-state index contributed by atoms with van der Waals surface area (Å²) in [5, 5.41) is 9.57. The van der Waals surface area contributed by atoms with E-state index in [1.54, 1.807) is 12.1 Å². The smallest absolute Gasteiger partial charge is 0.115 e. The maximum Gasteiger partial charge on any atom is 0.115 e. The standard InChI is InChI=1S/C29H36N2O/c1-17(2)26-15-22(12-19(5)28(26)30)14-23-13-20(6)29(27(16-23)18(3)4)31-21(7)24-8-10-25(32)11-9-24/h8-13,15-18,32H,14,30H2,1-7H3. The topological polar surface area (TPSA) is 58.6 Å². The summed E-state index contributed by atoms with van der Waals surface area (Å²) in [6, 6.07) is 16.3. The molecule has 0 amide bonds. The number of hydrogen-bond donors (Lipinski definition) is 2. The fourth-order valence-electron chi connectivity index (χ4n) is 4.23. The summed E-state index contributed by atoms with van der Waals surface area (Å²) in [7, 11) is 0. The van der Waals surface area contributed by atoms with Crippen LogP contribution in [0.15, 0.2) is 53.5 Å². The van der Waals surface area contributed by atoms with Gasteiger partial charge in [-0.05, 0) is 102 Å². The highest BCUT2D eigenvalue weighted by atomic mass is 16.3. The van der Waals surface area contributed by atoms with E-state index in [-0.39, 0.29) is 5.75 Å². The SMILES string of the molecule is CC(=Nc1c(C)cc(Cc2cc(C)c(N)c(C(C)C)c2)cc1C(C)C)c1ccc(O)cc1. The molecule has 0 aliphatic heterocycles. The molecule has 0 saturated heterocycles. The van der Waals surface area contributed by atoms with Crippen LogP contribution in [0.5, 0.6) is 5.75 Å². The van der Waals surface area contributed by atoms with Gasteiger partial charge in [-0.3, -0.25) is 4.99 Å². The van der Waals surface area contributed by atoms with Crippen molar-refractivity contribution in [2.75, 3.05) is 5.73 Å². The number of nitrogens with zero attached hydrogens (tertiary/aromatic N) is 1. The average molecular weight is 429 g/mol. The van der Waals surface area contributed by atoms with Gasteiger partial charge < -0.3 is 10.8 Å². The van der Waals surface area contributed by atoms with Crippen LogP contribution in [0.25, 0.3) is 0 Å². The van der Waals surface area contributed by atoms with Crippen molar-refractivity contribution in [1.29, 1.82) is 0 Å². The van der Waals surface area contributed by atoms with Crippen molar-refractivity contribution < 1.29 is 5.11 Å². The van der Waals surface area contributed by atoms with E-state index in [0.717, 1.165) is 34.6 Å². The Morgan fingerprint density at radius 2 is 1.38 bits per heavy atom. The molecule has 3 aromatic rings. The molecule has 0 atom stereocenters. The number of hydrogen-bond acceptors (Lipinski definition) is 3. The number of rotatable bonds is 6. The Hall–Kier alpha value is -3.07. The molecule has 32 heavy (non-hydrogen) atoms. The van der Waals surface area contributed by atoms with Gasteiger partial charge in [0.15, 0.2) is 0 Å². The highest BCUT2D eigenvalue weighted by Crippen LogP contribution is 2.34. The third kappa shape index (κ3) is 5.21. The molecule has 3 nitrogen and oxygen atoms in total. The van der Waals surface area contributed by atoms with Crippen LogP contribution in [0.3, 0.4) is 0 Å². The number of phenolic OH excluding ortho intramolecular Hbond substituents is 1. The molecule has 0 aromatic heterocycles. The minimum atomic E-state index is 0.267. The Balaban J connectivity index is 2.01. The fraction of sp³-hybridized carbons (Fsp3) is 0.345. The van der Waals surface area contributed by atoms with Crippen LogP contribution in [-0.4, -0.2) is 10.8 Å². The third-order valence-electron chi connectivity index (χ3n) is 6.09. The highest BCUT2D eigenvalue weighted by molar-refractivity contribution is 6.00. The summed E-state index contributed by atoms with van der Waals surface area (Å²) in [5.41, 5.74) is 17.7. The minimum Gasteiger partial charge on any atom is -0.508 e. The third-order valence-corrected chi connectivity index (χ3v) is 6.09. The van der Waals surface area contributed by atoms with Crippen molar-refractivity contribution in [3.8, 4) is 5.75 Å². The largest absolute Gasteiger partial charge is 0.508 e. The van der Waals surface area contributed by atoms with Crippen molar-refractivity contribution in [1.82, 2.24) is 0 Å². The van der Waals surface area contributed by atoms with E-state index in [0.29, 0.717) is 11.8 Å². The predicted molar refractivity (Wildman–Crippen MR) is 138 cm³/mol. The summed E-state index contributed by atoms with van der Waals surface area (Å²) in [4.78, 5) is 5.01. The van der Waals surface area contributed by atoms with Crippen LogP contribution in [0, 0.1) is 13.8 Å². The van der Waals surface area contributed by atoms with E-state index >= 15 is 0 Å². The molecule has 3 heteroatoms. The molecular formula is C29H36N2O. The Bertz CT molecular complexity index is 1140. The van der Waals surface area contributed by atoms with Crippen LogP contribution in [0.1, 0.15) is 85.4 Å². The maximum atomic E-state index is 9.57. The van der Waals surface area contributed by atoms with Gasteiger partial charge >= 0.3 is 0 Å². The second-order valence-corrected chi connectivity index (χ2v) is 9.50. The molecule has 0 fully saturated rings. The average Bonchev–Trinajstić information content (AvgIpc) is 2.72. The van der Waals surface area contributed by atoms with Gasteiger partial charge in [0.25, 0.3) is 0 Å². The van der Waals surface area contributed by atoms with E-state index in [4.69, 9.17) is 10.7 Å². The lowest BCUT2D eigenvalue weighted by Crippen LogP contribution is -2.03. The Kier molecular flexibility index (Phi) is 7.08. The second-order valence-electron chi connectivity index (χ2n) is 9.50. The van der Waals surface area contributed by atoms with E-state index in [9.17, 15) is 5.11 Å². The number of nitrogen functional groups attached to an aromatic ring is 1. The molecule has 0 heterocycles. The zero-order valence-electron chi connectivity index (χ0n) is 20.5. The van der Waals surface area contributed by atoms with Gasteiger partial charge in [0.2, 0.25) is 0 Å². The Morgan fingerprint density at radius 1 is 0.844 bits per heavy atom. The first kappa shape index (κ1) is 23.6. The van der Waals surface area contributed by atoms with Crippen LogP contribution in [0.4, 0.5) is 11.4 Å². The number of nitrogens with two attached hydrogens (primary N) is 1. The van der Waals surface area contributed by atoms with E-state index in [1.165, 1.54) is 27.8 Å². The first-order chi connectivity index (χ1) is 15.1. The van der Waals surface area contributed by atoms with Crippen LogP contribution >= 0.6 is 0 Å². The number of benzene rings is 3. The van der Waals surface area contributed by atoms with Gasteiger partial charge in [-0.25, -0.2) is 0 Å². The van der Waals surface area contributed by atoms with Gasteiger partial charge in [0.05, 0.1) is 5.69 Å². The van der Waals surface area contributed by atoms with E-state index in [1.807, 2.05) is 19.1 Å². The summed E-state index contributed by atoms with van der Waals surface area (Å²) >= 11 is 0. The molecule has 3 N–H and O–H groups in total. The zero-order valence-corrected chi connectivity index (χ0v) is 20.5. The monoisotopic (exact) mass is 428 g/mol. The first-order valence-corrected chi connectivity index (χ1v) is 11.4. The summed E-state index contributed by atoms with van der Waals surface area (Å²) in [6.45, 7) is 15.1. The quantitative estimate of drug-likeness (QED) is 0.314. The van der Waals surface area contributed by atoms with E-state index in [2.05, 4.69) is 65.8 Å². The normalized spacial score (nSPS) is 12.1. The number of anilines is 1. The lowest BCUT2D eigenvalue weighted by Gasteiger charge is -2.18. The van der Waals surface area contributed by atoms with Crippen LogP contribution < -0.4 is 5.73 Å². The van der Waals surface area contributed by atoms with Crippen molar-refractivity contribution in [2.45, 2.75) is 66.7 Å². The zero-order chi connectivity index (χ0) is 23.6. The maximum absolute atomic E-state index is 9.57. The number of aromatic hydroxyl groups is 1. The molecule has 0 aliphatic rings. The highest BCUT2D eigenvalue weighted by Gasteiger charge is 2.14. The van der Waals surface area contributed by atoms with E-state index < -0.39 is 0 Å². The molecule has 0 radical (unpaired) electrons. The number of aryl methyl sites for hydroxylation is 2. The fourth-order valence-corrected chi connectivity index (χ4v) is 4.23. The molecule has 3 rings (SSSR count). The van der Waals surface area contributed by atoms with Gasteiger partial charge in [-0.2, -0.15) is 0 Å². The Morgan fingerprint density at radius 3 is 1.94 bits per heavy atom. The molecule has 0 aliphatic carbocycles. The summed E-state index contributed by atoms with van der Waals surface area (Å²) in [5.74, 6) is 1.03. The van der Waals surface area contributed by atoms with Crippen molar-refractivity contribution in [2.24, 2.45) is 4.99 Å². The van der Waals surface area contributed by atoms with Gasteiger partial charge in [-0.15, -0.1) is 0 Å². The van der Waals surface area contributed by atoms with Crippen molar-refractivity contribution >= 4 is 17.1 Å². The van der Waals surface area contributed by atoms with Crippen molar-refractivity contribution in [3.05, 3.63) is 87.5 Å². The second kappa shape index (κ2) is 9.60. The van der Waals surface area contributed by atoms with Crippen molar-refractivity contribution in [3.63, 3.8) is 0 Å². The molecule has 0 bridgehead atoms. The molecule has 0 saturated carbocycles. The molecule has 0 unspecified atom stereocenters. The predicted octanol–water partition coefficient (Wildman–Crippen LogP) is 7.57. The summed E-state index contributed by atoms with van der Waals surface area (Å²) in [6.07, 6.45) is 0.877. The molecule has 0 spiro atoms. The lowest BCUT2D eigenvalue weighted by atomic mass is 9.90. The number of aliphatic imine (C=N–C) groups is 1. The number of phenols is 1. The van der Waals surface area contributed by atoms with Crippen LogP contribution in [-0.2, 0) is 6.42 Å². The first-order valence-electron chi connectivity index (χ1n) is 11.4. The van der Waals surface area contributed by atoms with Gasteiger partial charge in [-0.1, -0.05) is 52.0 Å². The van der Waals surface area contributed by atoms with Gasteiger partial charge in [0.1, 0.15) is 5.75 Å². The van der Waals surface area contributed by atoms with Gasteiger partial charge in [0, 0.05) is 11.4 Å². The van der Waals surface area contributed by atoms with Crippen LogP contribution in [0.2, 0.25) is 0 Å². The molecule has 3 aromatic carbocycles. The summed E-state index contributed by atoms with van der Waals surface area (Å²) < 4.78 is 0.